The van der Waals surface area contributed by atoms with Crippen molar-refractivity contribution in [2.24, 2.45) is 9.98 Å². The van der Waals surface area contributed by atoms with E-state index in [1.54, 1.807) is 12.4 Å². The topological polar surface area (TPSA) is 41.8 Å². The van der Waals surface area contributed by atoms with Crippen molar-refractivity contribution >= 4 is 18.2 Å². The molecule has 3 nitrogen and oxygen atoms in total. The quantitative estimate of drug-likeness (QED) is 0.468. The maximum Gasteiger partial charge on any atom is 0.192 e. The molecule has 2 atom stereocenters. The summed E-state index contributed by atoms with van der Waals surface area (Å²) in [4.78, 5) is 18.1. The van der Waals surface area contributed by atoms with Gasteiger partial charge in [-0.05, 0) is 0 Å². The van der Waals surface area contributed by atoms with Crippen LogP contribution >= 0.6 is 0 Å². The van der Waals surface area contributed by atoms with Gasteiger partial charge in [0.1, 0.15) is 12.1 Å². The van der Waals surface area contributed by atoms with E-state index in [9.17, 15) is 4.79 Å². The van der Waals surface area contributed by atoms with Crippen LogP contribution in [0.1, 0.15) is 0 Å². The molecule has 2 rings (SSSR count). The van der Waals surface area contributed by atoms with Crippen molar-refractivity contribution in [1.82, 2.24) is 0 Å². The minimum absolute atomic E-state index is 0.109. The zero-order valence-electron chi connectivity index (χ0n) is 4.11. The Bertz CT molecular complexity index is 163. The molecule has 0 saturated heterocycles. The molecule has 2 heterocycles. The summed E-state index contributed by atoms with van der Waals surface area (Å²) in [7, 11) is 0. The molecule has 0 aromatic carbocycles. The van der Waals surface area contributed by atoms with Crippen molar-refractivity contribution in [2.45, 2.75) is 12.1 Å². The van der Waals surface area contributed by atoms with Crippen LogP contribution in [0.2, 0.25) is 0 Å². The van der Waals surface area contributed by atoms with Gasteiger partial charge in [0.25, 0.3) is 0 Å². The maximum atomic E-state index is 10.7. The van der Waals surface area contributed by atoms with E-state index in [1.807, 2.05) is 0 Å². The minimum Gasteiger partial charge on any atom is -0.294 e. The van der Waals surface area contributed by atoms with E-state index >= 15 is 0 Å². The van der Waals surface area contributed by atoms with Gasteiger partial charge in [0.15, 0.2) is 5.78 Å². The number of ketones is 1. The lowest BCUT2D eigenvalue weighted by Gasteiger charge is -1.85. The van der Waals surface area contributed by atoms with E-state index in [0.717, 1.165) is 0 Å². The fourth-order valence-corrected chi connectivity index (χ4v) is 0.555. The van der Waals surface area contributed by atoms with Crippen LogP contribution in [0.3, 0.4) is 0 Å². The van der Waals surface area contributed by atoms with Crippen molar-refractivity contribution in [3.8, 4) is 0 Å². The van der Waals surface area contributed by atoms with E-state index in [4.69, 9.17) is 0 Å². The highest BCUT2D eigenvalue weighted by Crippen LogP contribution is 2.12. The second-order valence-electron chi connectivity index (χ2n) is 1.89. The van der Waals surface area contributed by atoms with E-state index in [2.05, 4.69) is 9.98 Å². The third kappa shape index (κ3) is 0.476. The normalized spacial score (nSPS) is 37.5. The van der Waals surface area contributed by atoms with Gasteiger partial charge in [-0.1, -0.05) is 0 Å². The molecule has 0 amide bonds. The zero-order chi connectivity index (χ0) is 5.56. The molecule has 0 aromatic heterocycles. The van der Waals surface area contributed by atoms with Crippen molar-refractivity contribution in [1.29, 1.82) is 0 Å². The summed E-state index contributed by atoms with van der Waals surface area (Å²) in [5.74, 6) is 0.130. The summed E-state index contributed by atoms with van der Waals surface area (Å²) < 4.78 is 0. The Labute approximate surface area is 46.1 Å². The highest BCUT2D eigenvalue weighted by molar-refractivity contribution is 6.19. The Morgan fingerprint density at radius 1 is 1.25 bits per heavy atom. The maximum absolute atomic E-state index is 10.7. The molecule has 0 bridgehead atoms. The highest BCUT2D eigenvalue weighted by atomic mass is 16.1. The Kier molecular flexibility index (Phi) is 0.516. The third-order valence-electron chi connectivity index (χ3n) is 1.18. The summed E-state index contributed by atoms with van der Waals surface area (Å²) in [5.41, 5.74) is 0. The Morgan fingerprint density at radius 3 is 1.88 bits per heavy atom. The number of aliphatic imine (C=N–C) groups is 2. The van der Waals surface area contributed by atoms with E-state index in [-0.39, 0.29) is 17.9 Å². The lowest BCUT2D eigenvalue weighted by atomic mass is 10.2. The number of Topliss-reactive ketones (excluding diaryl/α,β-unsaturated/α-hetero) is 1. The Balaban J connectivity index is 1.95. The van der Waals surface area contributed by atoms with Crippen LogP contribution in [0.25, 0.3) is 0 Å². The van der Waals surface area contributed by atoms with Gasteiger partial charge < -0.3 is 0 Å². The summed E-state index contributed by atoms with van der Waals surface area (Å²) in [6, 6.07) is -0.218. The Hall–Kier alpha value is -0.990. The number of hydrogen-bond donors (Lipinski definition) is 0. The van der Waals surface area contributed by atoms with Gasteiger partial charge in [0.2, 0.25) is 0 Å². The van der Waals surface area contributed by atoms with Crippen molar-refractivity contribution < 1.29 is 4.79 Å². The van der Waals surface area contributed by atoms with Crippen LogP contribution in [0.5, 0.6) is 0 Å². The van der Waals surface area contributed by atoms with Crippen molar-refractivity contribution in [2.75, 3.05) is 0 Å². The average molecular weight is 108 g/mol. The first-order valence-electron chi connectivity index (χ1n) is 2.48. The van der Waals surface area contributed by atoms with Crippen molar-refractivity contribution in [3.05, 3.63) is 0 Å². The molecule has 0 fully saturated rings. The molecular weight excluding hydrogens is 104 g/mol. The molecule has 2 aliphatic rings. The number of nitrogens with zero attached hydrogens (tertiary/aromatic N) is 2. The fraction of sp³-hybridized carbons (Fsp3) is 0.400. The smallest absolute Gasteiger partial charge is 0.192 e. The molecule has 40 valence electrons. The molecule has 8 heavy (non-hydrogen) atoms. The molecule has 0 aromatic rings. The van der Waals surface area contributed by atoms with Crippen LogP contribution in [0.4, 0.5) is 0 Å². The molecule has 0 radical (unpaired) electrons. The van der Waals surface area contributed by atoms with Gasteiger partial charge in [0.05, 0.1) is 0 Å². The minimum atomic E-state index is -0.109. The zero-order valence-corrected chi connectivity index (χ0v) is 4.11. The number of carbonyl (C=O) groups excluding carboxylic acids is 1. The van der Waals surface area contributed by atoms with Crippen LogP contribution < -0.4 is 0 Å². The highest BCUT2D eigenvalue weighted by Gasteiger charge is 2.33. The molecule has 0 N–H and O–H groups in total. The molecule has 0 spiro atoms. The molecule has 2 unspecified atom stereocenters. The third-order valence-corrected chi connectivity index (χ3v) is 1.18. The Morgan fingerprint density at radius 2 is 1.62 bits per heavy atom. The average Bonchev–Trinajstić information content (AvgIpc) is 2.63. The standard InChI is InChI=1S/C5H4N2O/c8-5(3-1-6-3)4-2-7-4/h1-4H. The van der Waals surface area contributed by atoms with E-state index < -0.39 is 0 Å². The first-order valence-corrected chi connectivity index (χ1v) is 2.48. The number of carbonyl (C=O) groups is 1. The molecule has 0 aliphatic carbocycles. The second-order valence-corrected chi connectivity index (χ2v) is 1.89. The van der Waals surface area contributed by atoms with Crippen LogP contribution in [0.15, 0.2) is 9.98 Å². The van der Waals surface area contributed by atoms with Gasteiger partial charge in [-0.3, -0.25) is 14.8 Å². The summed E-state index contributed by atoms with van der Waals surface area (Å²) in [5, 5.41) is 0. The molecular formula is C5H4N2O. The van der Waals surface area contributed by atoms with Crippen LogP contribution in [-0.4, -0.2) is 30.3 Å². The fourth-order valence-electron chi connectivity index (χ4n) is 0.555. The predicted molar refractivity (Wildman–Crippen MR) is 29.6 cm³/mol. The molecule has 2 aliphatic heterocycles. The largest absolute Gasteiger partial charge is 0.294 e. The summed E-state index contributed by atoms with van der Waals surface area (Å²) in [6.07, 6.45) is 3.29. The molecule has 0 saturated carbocycles. The number of hydrogen-bond acceptors (Lipinski definition) is 3. The van der Waals surface area contributed by atoms with Gasteiger partial charge in [-0.25, -0.2) is 0 Å². The van der Waals surface area contributed by atoms with E-state index in [1.165, 1.54) is 0 Å². The van der Waals surface area contributed by atoms with E-state index in [0.29, 0.717) is 0 Å². The first-order chi connectivity index (χ1) is 3.88. The predicted octanol–water partition coefficient (Wildman–Crippen LogP) is -0.538. The second kappa shape index (κ2) is 1.05. The SMILES string of the molecule is O=C(C1C=N1)C1C=N1. The van der Waals surface area contributed by atoms with Gasteiger partial charge >= 0.3 is 0 Å². The number of rotatable bonds is 2. The van der Waals surface area contributed by atoms with Crippen LogP contribution in [-0.2, 0) is 4.79 Å². The lowest BCUT2D eigenvalue weighted by Crippen LogP contribution is -2.15. The first kappa shape index (κ1) is 3.95. The summed E-state index contributed by atoms with van der Waals surface area (Å²) in [6.45, 7) is 0. The van der Waals surface area contributed by atoms with Crippen molar-refractivity contribution in [3.63, 3.8) is 0 Å². The summed E-state index contributed by atoms with van der Waals surface area (Å²) >= 11 is 0. The monoisotopic (exact) mass is 108 g/mol. The van der Waals surface area contributed by atoms with Gasteiger partial charge in [-0.15, -0.1) is 0 Å². The molecule has 3 heteroatoms. The van der Waals surface area contributed by atoms with Crippen LogP contribution in [0, 0.1) is 0 Å². The van der Waals surface area contributed by atoms with Gasteiger partial charge in [-0.2, -0.15) is 0 Å². The lowest BCUT2D eigenvalue weighted by molar-refractivity contribution is -0.117. The van der Waals surface area contributed by atoms with Gasteiger partial charge in [0, 0.05) is 12.4 Å².